The van der Waals surface area contributed by atoms with Crippen molar-refractivity contribution in [2.24, 2.45) is 17.6 Å². The van der Waals surface area contributed by atoms with Crippen LogP contribution in [-0.4, -0.2) is 43.5 Å². The minimum absolute atomic E-state index is 0.119. The SMILES string of the molecule is COC(=O)[C@H](NC(=O)[C@@H](CC(C)C)NC(=O)CN)C(C)C. The van der Waals surface area contributed by atoms with Crippen LogP contribution in [0.2, 0.25) is 0 Å². The van der Waals surface area contributed by atoms with Crippen LogP contribution in [0.3, 0.4) is 0 Å². The highest BCUT2D eigenvalue weighted by Gasteiger charge is 2.29. The molecule has 122 valence electrons. The van der Waals surface area contributed by atoms with Crippen LogP contribution in [0.4, 0.5) is 0 Å². The Morgan fingerprint density at radius 3 is 2.05 bits per heavy atom. The summed E-state index contributed by atoms with van der Waals surface area (Å²) < 4.78 is 4.68. The van der Waals surface area contributed by atoms with Crippen LogP contribution in [0.15, 0.2) is 0 Å². The molecule has 0 unspecified atom stereocenters. The minimum atomic E-state index is -0.744. The largest absolute Gasteiger partial charge is 0.467 e. The molecule has 0 radical (unpaired) electrons. The molecule has 0 fully saturated rings. The van der Waals surface area contributed by atoms with E-state index in [1.165, 1.54) is 7.11 Å². The van der Waals surface area contributed by atoms with Gasteiger partial charge in [0.15, 0.2) is 0 Å². The highest BCUT2D eigenvalue weighted by atomic mass is 16.5. The molecule has 0 aromatic heterocycles. The quantitative estimate of drug-likeness (QED) is 0.537. The molecule has 0 aliphatic rings. The smallest absolute Gasteiger partial charge is 0.328 e. The molecule has 0 heterocycles. The molecule has 0 rings (SSSR count). The fraction of sp³-hybridized carbons (Fsp3) is 0.786. The van der Waals surface area contributed by atoms with Gasteiger partial charge in [0.2, 0.25) is 11.8 Å². The van der Waals surface area contributed by atoms with Crippen molar-refractivity contribution in [1.29, 1.82) is 0 Å². The van der Waals surface area contributed by atoms with E-state index in [-0.39, 0.29) is 18.4 Å². The summed E-state index contributed by atoms with van der Waals surface area (Å²) >= 11 is 0. The van der Waals surface area contributed by atoms with E-state index in [0.29, 0.717) is 6.42 Å². The van der Waals surface area contributed by atoms with Gasteiger partial charge < -0.3 is 21.1 Å². The number of hydrogen-bond donors (Lipinski definition) is 3. The van der Waals surface area contributed by atoms with Gasteiger partial charge in [-0.05, 0) is 18.3 Å². The number of hydrogen-bond acceptors (Lipinski definition) is 5. The lowest BCUT2D eigenvalue weighted by Crippen LogP contribution is -2.54. The minimum Gasteiger partial charge on any atom is -0.467 e. The van der Waals surface area contributed by atoms with Crippen LogP contribution in [0, 0.1) is 11.8 Å². The summed E-state index contributed by atoms with van der Waals surface area (Å²) in [6.45, 7) is 7.30. The van der Waals surface area contributed by atoms with E-state index in [0.717, 1.165) is 0 Å². The molecule has 7 heteroatoms. The zero-order valence-corrected chi connectivity index (χ0v) is 13.4. The first kappa shape index (κ1) is 19.4. The Bertz CT molecular complexity index is 369. The first-order chi connectivity index (χ1) is 9.72. The maximum atomic E-state index is 12.3. The van der Waals surface area contributed by atoms with Gasteiger partial charge in [0, 0.05) is 0 Å². The summed E-state index contributed by atoms with van der Waals surface area (Å²) in [4.78, 5) is 35.4. The number of amides is 2. The van der Waals surface area contributed by atoms with Gasteiger partial charge in [-0.2, -0.15) is 0 Å². The van der Waals surface area contributed by atoms with E-state index in [2.05, 4.69) is 15.4 Å². The molecule has 0 aliphatic carbocycles. The average Bonchev–Trinajstić information content (AvgIpc) is 2.41. The van der Waals surface area contributed by atoms with Crippen molar-refractivity contribution < 1.29 is 19.1 Å². The van der Waals surface area contributed by atoms with Crippen molar-refractivity contribution in [3.05, 3.63) is 0 Å². The number of nitrogens with two attached hydrogens (primary N) is 1. The van der Waals surface area contributed by atoms with Crippen LogP contribution in [0.5, 0.6) is 0 Å². The molecule has 0 bridgehead atoms. The number of nitrogens with one attached hydrogen (secondary N) is 2. The Morgan fingerprint density at radius 1 is 1.10 bits per heavy atom. The van der Waals surface area contributed by atoms with E-state index in [4.69, 9.17) is 5.73 Å². The number of carbonyl (C=O) groups is 3. The molecule has 0 saturated carbocycles. The predicted molar refractivity (Wildman–Crippen MR) is 79.2 cm³/mol. The van der Waals surface area contributed by atoms with Gasteiger partial charge in [0.1, 0.15) is 12.1 Å². The van der Waals surface area contributed by atoms with E-state index < -0.39 is 29.9 Å². The normalized spacial score (nSPS) is 13.7. The molecule has 2 atom stereocenters. The number of rotatable bonds is 8. The Kier molecular flexibility index (Phi) is 8.61. The standard InChI is InChI=1S/C14H27N3O4/c1-8(2)6-10(16-11(18)7-15)13(19)17-12(9(3)4)14(20)21-5/h8-10,12H,6-7,15H2,1-5H3,(H,16,18)(H,17,19)/t10-,12-/m1/s1. The van der Waals surface area contributed by atoms with Gasteiger partial charge in [0.25, 0.3) is 0 Å². The molecular weight excluding hydrogens is 274 g/mol. The fourth-order valence-electron chi connectivity index (χ4n) is 1.83. The molecule has 7 nitrogen and oxygen atoms in total. The van der Waals surface area contributed by atoms with Crippen LogP contribution >= 0.6 is 0 Å². The van der Waals surface area contributed by atoms with Crippen molar-refractivity contribution in [2.45, 2.75) is 46.2 Å². The number of methoxy groups -OCH3 is 1. The van der Waals surface area contributed by atoms with Gasteiger partial charge in [-0.25, -0.2) is 4.79 Å². The predicted octanol–water partition coefficient (Wildman–Crippen LogP) is -0.210. The van der Waals surface area contributed by atoms with Crippen molar-refractivity contribution in [1.82, 2.24) is 10.6 Å². The molecule has 21 heavy (non-hydrogen) atoms. The molecule has 0 aliphatic heterocycles. The third-order valence-corrected chi connectivity index (χ3v) is 2.96. The number of carbonyl (C=O) groups excluding carboxylic acids is 3. The molecule has 2 amide bonds. The zero-order valence-electron chi connectivity index (χ0n) is 13.4. The lowest BCUT2D eigenvalue weighted by Gasteiger charge is -2.25. The van der Waals surface area contributed by atoms with Gasteiger partial charge >= 0.3 is 5.97 Å². The van der Waals surface area contributed by atoms with Crippen LogP contribution in [0.25, 0.3) is 0 Å². The van der Waals surface area contributed by atoms with Gasteiger partial charge in [-0.1, -0.05) is 27.7 Å². The lowest BCUT2D eigenvalue weighted by molar-refractivity contribution is -0.146. The van der Waals surface area contributed by atoms with Gasteiger partial charge in [0.05, 0.1) is 13.7 Å². The van der Waals surface area contributed by atoms with Crippen molar-refractivity contribution in [3.63, 3.8) is 0 Å². The summed E-state index contributed by atoms with van der Waals surface area (Å²) in [5.41, 5.74) is 5.25. The van der Waals surface area contributed by atoms with E-state index in [9.17, 15) is 14.4 Å². The molecular formula is C14H27N3O4. The van der Waals surface area contributed by atoms with Gasteiger partial charge in [-0.3, -0.25) is 9.59 Å². The first-order valence-corrected chi connectivity index (χ1v) is 7.10. The van der Waals surface area contributed by atoms with E-state index in [1.54, 1.807) is 13.8 Å². The highest BCUT2D eigenvalue weighted by Crippen LogP contribution is 2.08. The summed E-state index contributed by atoms with van der Waals surface area (Å²) in [5, 5.41) is 5.20. The maximum Gasteiger partial charge on any atom is 0.328 e. The lowest BCUT2D eigenvalue weighted by atomic mass is 10.0. The average molecular weight is 301 g/mol. The third-order valence-electron chi connectivity index (χ3n) is 2.96. The molecule has 0 aromatic carbocycles. The first-order valence-electron chi connectivity index (χ1n) is 7.10. The van der Waals surface area contributed by atoms with Crippen LogP contribution in [-0.2, 0) is 19.1 Å². The van der Waals surface area contributed by atoms with Gasteiger partial charge in [-0.15, -0.1) is 0 Å². The second-order valence-electron chi connectivity index (χ2n) is 5.71. The number of ether oxygens (including phenoxy) is 1. The zero-order chi connectivity index (χ0) is 16.6. The van der Waals surface area contributed by atoms with Crippen LogP contribution < -0.4 is 16.4 Å². The Morgan fingerprint density at radius 2 is 1.67 bits per heavy atom. The molecule has 4 N–H and O–H groups in total. The molecule has 0 aromatic rings. The number of esters is 1. The van der Waals surface area contributed by atoms with Crippen molar-refractivity contribution >= 4 is 17.8 Å². The van der Waals surface area contributed by atoms with Crippen molar-refractivity contribution in [3.8, 4) is 0 Å². The summed E-state index contributed by atoms with van der Waals surface area (Å²) in [7, 11) is 1.27. The summed E-state index contributed by atoms with van der Waals surface area (Å²) in [6, 6.07) is -1.46. The third kappa shape index (κ3) is 7.08. The second-order valence-corrected chi connectivity index (χ2v) is 5.71. The maximum absolute atomic E-state index is 12.3. The fourth-order valence-corrected chi connectivity index (χ4v) is 1.83. The van der Waals surface area contributed by atoms with Crippen molar-refractivity contribution in [2.75, 3.05) is 13.7 Å². The second kappa shape index (κ2) is 9.33. The molecule has 0 saturated heterocycles. The van der Waals surface area contributed by atoms with E-state index in [1.807, 2.05) is 13.8 Å². The Hall–Kier alpha value is -1.63. The Labute approximate surface area is 126 Å². The van der Waals surface area contributed by atoms with Crippen LogP contribution in [0.1, 0.15) is 34.1 Å². The van der Waals surface area contributed by atoms with E-state index >= 15 is 0 Å². The monoisotopic (exact) mass is 301 g/mol. The highest BCUT2D eigenvalue weighted by molar-refractivity contribution is 5.91. The topological polar surface area (TPSA) is 111 Å². The Balaban J connectivity index is 4.92. The molecule has 0 spiro atoms. The summed E-state index contributed by atoms with van der Waals surface area (Å²) in [6.07, 6.45) is 0.462. The summed E-state index contributed by atoms with van der Waals surface area (Å²) in [5.74, 6) is -1.24.